The maximum atomic E-state index is 4.89. The molecule has 0 N–H and O–H groups in total. The SMILES string of the molecule is CC(C)(C)P(c1cc2ccccc2[cH-]1)C(C)(C)C.[Cl][Ti][Cl].[c-]1cccc2c1Cc1ccccc1-2. The maximum Gasteiger partial charge on any atom is -0.0253 e. The zero-order chi connectivity index (χ0) is 24.9. The molecule has 34 heavy (non-hydrogen) atoms. The van der Waals surface area contributed by atoms with E-state index in [1.165, 1.54) is 33.0 Å². The average Bonchev–Trinajstić information content (AvgIpc) is 3.33. The first kappa shape index (κ1) is 27.6. The van der Waals surface area contributed by atoms with Gasteiger partial charge in [-0.15, -0.1) is 45.9 Å². The second kappa shape index (κ2) is 11.8. The Labute approximate surface area is 223 Å². The van der Waals surface area contributed by atoms with Crippen molar-refractivity contribution in [1.29, 1.82) is 0 Å². The summed E-state index contributed by atoms with van der Waals surface area (Å²) < 4.78 is 0. The van der Waals surface area contributed by atoms with E-state index in [0.717, 1.165) is 6.42 Å². The van der Waals surface area contributed by atoms with Crippen LogP contribution in [0.15, 0.2) is 78.9 Å². The Morgan fingerprint density at radius 3 is 2.06 bits per heavy atom. The minimum Gasteiger partial charge on any atom is -0.179 e. The minimum atomic E-state index is -0.556. The number of fused-ring (bicyclic) bond motifs is 4. The Balaban J connectivity index is 0.000000177. The Morgan fingerprint density at radius 2 is 1.41 bits per heavy atom. The fraction of sp³-hybridized carbons (Fsp3) is 0.300. The van der Waals surface area contributed by atoms with Gasteiger partial charge in [0.25, 0.3) is 0 Å². The van der Waals surface area contributed by atoms with Gasteiger partial charge in [0, 0.05) is 0 Å². The van der Waals surface area contributed by atoms with E-state index < -0.39 is 17.0 Å². The van der Waals surface area contributed by atoms with Crippen molar-refractivity contribution < 1.29 is 17.0 Å². The van der Waals surface area contributed by atoms with Crippen molar-refractivity contribution in [3.8, 4) is 11.1 Å². The minimum absolute atomic E-state index is 0.185. The molecule has 0 aliphatic heterocycles. The molecule has 178 valence electrons. The van der Waals surface area contributed by atoms with Gasteiger partial charge in [-0.3, -0.25) is 0 Å². The molecule has 0 saturated carbocycles. The van der Waals surface area contributed by atoms with Crippen molar-refractivity contribution in [2.24, 2.45) is 0 Å². The summed E-state index contributed by atoms with van der Waals surface area (Å²) in [5.74, 6) is 0. The monoisotopic (exact) mass is 542 g/mol. The van der Waals surface area contributed by atoms with Crippen LogP contribution in [0.2, 0.25) is 0 Å². The molecule has 0 atom stereocenters. The van der Waals surface area contributed by atoms with Crippen LogP contribution in [0.4, 0.5) is 0 Å². The molecule has 5 rings (SSSR count). The molecule has 0 radical (unpaired) electrons. The number of hydrogen-bond donors (Lipinski definition) is 0. The van der Waals surface area contributed by atoms with Crippen molar-refractivity contribution in [1.82, 2.24) is 0 Å². The fourth-order valence-electron chi connectivity index (χ4n) is 5.04. The molecule has 4 heteroatoms. The molecule has 4 aromatic rings. The molecule has 4 aromatic carbocycles. The van der Waals surface area contributed by atoms with E-state index in [0.29, 0.717) is 10.3 Å². The van der Waals surface area contributed by atoms with Crippen LogP contribution >= 0.6 is 26.5 Å². The summed E-state index contributed by atoms with van der Waals surface area (Å²) in [6.07, 6.45) is 1.05. The summed E-state index contributed by atoms with van der Waals surface area (Å²) in [5, 5.41) is 5.00. The number of benzene rings is 3. The van der Waals surface area contributed by atoms with Crippen LogP contribution in [0.25, 0.3) is 21.9 Å². The van der Waals surface area contributed by atoms with Gasteiger partial charge in [0.1, 0.15) is 0 Å². The quantitative estimate of drug-likeness (QED) is 0.112. The van der Waals surface area contributed by atoms with Crippen molar-refractivity contribution in [2.75, 3.05) is 0 Å². The third-order valence-corrected chi connectivity index (χ3v) is 9.28. The van der Waals surface area contributed by atoms with E-state index in [9.17, 15) is 0 Å². The first-order valence-corrected chi connectivity index (χ1v) is 17.2. The van der Waals surface area contributed by atoms with Gasteiger partial charge < -0.3 is 0 Å². The van der Waals surface area contributed by atoms with E-state index in [1.807, 2.05) is 6.07 Å². The summed E-state index contributed by atoms with van der Waals surface area (Å²) in [6.45, 7) is 14.3. The van der Waals surface area contributed by atoms with Crippen LogP contribution in [-0.2, 0) is 23.5 Å². The number of rotatable bonds is 1. The van der Waals surface area contributed by atoms with Crippen molar-refractivity contribution in [3.05, 3.63) is 96.1 Å². The van der Waals surface area contributed by atoms with Gasteiger partial charge in [0.15, 0.2) is 0 Å². The van der Waals surface area contributed by atoms with Gasteiger partial charge in [0.05, 0.1) is 0 Å². The van der Waals surface area contributed by atoms with Crippen molar-refractivity contribution in [3.63, 3.8) is 0 Å². The Hall–Kier alpha value is -1.01. The molecule has 0 bridgehead atoms. The number of hydrogen-bond acceptors (Lipinski definition) is 0. The van der Waals surface area contributed by atoms with Gasteiger partial charge in [-0.25, -0.2) is 0 Å². The predicted molar refractivity (Wildman–Crippen MR) is 151 cm³/mol. The van der Waals surface area contributed by atoms with Crippen LogP contribution in [0.1, 0.15) is 52.7 Å². The zero-order valence-electron chi connectivity index (χ0n) is 20.9. The number of halogens is 2. The standard InChI is InChI=1S/C17H24P.C13H9.2ClH.Ti/c1-16(2,3)18(17(4,5)6)15-11-13-9-7-8-10-14(13)12-15;1-3-7-12-10(5-1)9-11-6-2-4-8-13(11)12;;;/h7-12H,1-6H3;1-5,7-8H,9H2;2*1H;/q2*-1;;;+2/p-2. The molecular formula is C30H33Cl2PTi-2. The summed E-state index contributed by atoms with van der Waals surface area (Å²) in [7, 11) is 9.59. The molecule has 0 heterocycles. The fourth-order valence-corrected chi connectivity index (χ4v) is 9.14. The van der Waals surface area contributed by atoms with Crippen molar-refractivity contribution in [2.45, 2.75) is 58.3 Å². The first-order valence-electron chi connectivity index (χ1n) is 11.6. The molecule has 0 nitrogen and oxygen atoms in total. The van der Waals surface area contributed by atoms with Crippen LogP contribution in [-0.4, -0.2) is 10.3 Å². The maximum absolute atomic E-state index is 4.89. The first-order chi connectivity index (χ1) is 16.1. The average molecular weight is 543 g/mol. The molecule has 0 amide bonds. The van der Waals surface area contributed by atoms with Crippen LogP contribution in [0.3, 0.4) is 0 Å². The summed E-state index contributed by atoms with van der Waals surface area (Å²) in [6, 6.07) is 31.6. The molecule has 0 fully saturated rings. The smallest absolute Gasteiger partial charge is 0.0253 e. The van der Waals surface area contributed by atoms with Gasteiger partial charge in [0.2, 0.25) is 0 Å². The summed E-state index contributed by atoms with van der Waals surface area (Å²) >= 11 is -0.556. The van der Waals surface area contributed by atoms with E-state index in [2.05, 4.69) is 120 Å². The Kier molecular flexibility index (Phi) is 9.59. The molecule has 1 aliphatic rings. The van der Waals surface area contributed by atoms with Gasteiger partial charge in [-0.1, -0.05) is 90.9 Å². The van der Waals surface area contributed by atoms with Gasteiger partial charge in [-0.05, 0) is 16.7 Å². The van der Waals surface area contributed by atoms with Crippen molar-refractivity contribution >= 4 is 42.6 Å². The van der Waals surface area contributed by atoms with E-state index in [-0.39, 0.29) is 7.92 Å². The molecule has 0 spiro atoms. The van der Waals surface area contributed by atoms with Crippen LogP contribution in [0, 0.1) is 6.07 Å². The van der Waals surface area contributed by atoms with Gasteiger partial charge in [-0.2, -0.15) is 35.9 Å². The van der Waals surface area contributed by atoms with E-state index in [1.54, 1.807) is 5.30 Å². The molecule has 0 saturated heterocycles. The Morgan fingerprint density at radius 1 is 0.824 bits per heavy atom. The molecule has 1 aliphatic carbocycles. The zero-order valence-corrected chi connectivity index (χ0v) is 24.9. The third-order valence-electron chi connectivity index (χ3n) is 5.82. The summed E-state index contributed by atoms with van der Waals surface area (Å²) in [5.41, 5.74) is 5.51. The normalized spacial score (nSPS) is 12.3. The predicted octanol–water partition coefficient (Wildman–Crippen LogP) is 9.70. The van der Waals surface area contributed by atoms with E-state index in [4.69, 9.17) is 18.6 Å². The Bertz CT molecular complexity index is 1120. The van der Waals surface area contributed by atoms with Crippen LogP contribution < -0.4 is 5.30 Å². The molecule has 0 aromatic heterocycles. The summed E-state index contributed by atoms with van der Waals surface area (Å²) in [4.78, 5) is 0. The molecule has 0 unspecified atom stereocenters. The second-order valence-electron chi connectivity index (χ2n) is 10.5. The largest absolute Gasteiger partial charge is 0.179 e. The van der Waals surface area contributed by atoms with Crippen LogP contribution in [0.5, 0.6) is 0 Å². The molecular weight excluding hydrogens is 510 g/mol. The van der Waals surface area contributed by atoms with E-state index >= 15 is 0 Å². The van der Waals surface area contributed by atoms with Gasteiger partial charge >= 0.3 is 35.6 Å². The third kappa shape index (κ3) is 6.81. The second-order valence-corrected chi connectivity index (χ2v) is 16.9. The topological polar surface area (TPSA) is 0 Å².